The fourth-order valence-electron chi connectivity index (χ4n) is 2.59. The summed E-state index contributed by atoms with van der Waals surface area (Å²) in [7, 11) is 0. The van der Waals surface area contributed by atoms with Gasteiger partial charge in [-0.25, -0.2) is 4.98 Å². The van der Waals surface area contributed by atoms with Crippen molar-refractivity contribution in [2.75, 3.05) is 26.3 Å². The summed E-state index contributed by atoms with van der Waals surface area (Å²) in [6.07, 6.45) is 4.58. The summed E-state index contributed by atoms with van der Waals surface area (Å²) in [6.45, 7) is 7.19. The van der Waals surface area contributed by atoms with Crippen molar-refractivity contribution in [1.29, 1.82) is 0 Å². The molecule has 0 bridgehead atoms. The van der Waals surface area contributed by atoms with E-state index in [1.165, 1.54) is 24.1 Å². The summed E-state index contributed by atoms with van der Waals surface area (Å²) in [5.74, 6) is 2.33. The highest BCUT2D eigenvalue weighted by Crippen LogP contribution is 2.39. The van der Waals surface area contributed by atoms with Gasteiger partial charge < -0.3 is 14.8 Å². The summed E-state index contributed by atoms with van der Waals surface area (Å²) < 4.78 is 11.5. The zero-order valence-electron chi connectivity index (χ0n) is 13.4. The number of hydrogen-bond donors (Lipinski definition) is 1. The molecule has 0 amide bonds. The monoisotopic (exact) mass is 327 g/mol. The summed E-state index contributed by atoms with van der Waals surface area (Å²) in [5.41, 5.74) is 2.37. The van der Waals surface area contributed by atoms with Crippen molar-refractivity contribution >= 4 is 12.4 Å². The van der Waals surface area contributed by atoms with E-state index in [0.29, 0.717) is 19.1 Å². The van der Waals surface area contributed by atoms with Crippen LogP contribution in [0.25, 0.3) is 0 Å². The number of halogens is 1. The average Bonchev–Trinajstić information content (AvgIpc) is 3.28. The molecule has 1 N–H and O–H groups in total. The molecule has 1 fully saturated rings. The molecule has 3 rings (SSSR count). The van der Waals surface area contributed by atoms with Crippen molar-refractivity contribution in [1.82, 2.24) is 15.3 Å². The zero-order valence-corrected chi connectivity index (χ0v) is 14.2. The highest BCUT2D eigenvalue weighted by molar-refractivity contribution is 5.85. The van der Waals surface area contributed by atoms with Crippen LogP contribution < -0.4 is 10.1 Å². The molecule has 124 valence electrons. The summed E-state index contributed by atoms with van der Waals surface area (Å²) in [4.78, 5) is 9.48. The van der Waals surface area contributed by atoms with Gasteiger partial charge in [0.05, 0.1) is 18.4 Å². The predicted molar refractivity (Wildman–Crippen MR) is 88.1 cm³/mol. The normalized spacial score (nSPS) is 17.6. The predicted octanol–water partition coefficient (Wildman–Crippen LogP) is 2.27. The molecular weight excluding hydrogens is 302 g/mol. The van der Waals surface area contributed by atoms with Gasteiger partial charge in [-0.1, -0.05) is 0 Å². The molecule has 0 spiro atoms. The number of ether oxygens (including phenoxy) is 2. The Morgan fingerprint density at radius 1 is 1.14 bits per heavy atom. The van der Waals surface area contributed by atoms with E-state index < -0.39 is 0 Å². The number of rotatable bonds is 6. The standard InChI is InChI=1S/C16H25N3O2.ClH/c1-11(2)20-9-10-21-16-13-5-7-17-8-6-14(13)18-15(19-16)12-3-4-12;/h11-12,17H,3-10H2,1-2H3;1H. The number of aromatic nitrogens is 2. The number of nitrogens with one attached hydrogen (secondary N) is 1. The zero-order chi connectivity index (χ0) is 14.7. The largest absolute Gasteiger partial charge is 0.475 e. The van der Waals surface area contributed by atoms with Crippen LogP contribution in [0.15, 0.2) is 0 Å². The fraction of sp³-hybridized carbons (Fsp3) is 0.750. The Kier molecular flexibility index (Phi) is 6.41. The third-order valence-electron chi connectivity index (χ3n) is 3.88. The maximum Gasteiger partial charge on any atom is 0.220 e. The van der Waals surface area contributed by atoms with Crippen molar-refractivity contribution < 1.29 is 9.47 Å². The number of nitrogens with zero attached hydrogens (tertiary/aromatic N) is 2. The maximum absolute atomic E-state index is 5.93. The first-order valence-corrected chi connectivity index (χ1v) is 8.09. The van der Waals surface area contributed by atoms with Gasteiger partial charge in [0, 0.05) is 24.4 Å². The molecule has 2 heterocycles. The van der Waals surface area contributed by atoms with Gasteiger partial charge in [0.15, 0.2) is 0 Å². The van der Waals surface area contributed by atoms with E-state index in [1.807, 2.05) is 13.8 Å². The third-order valence-corrected chi connectivity index (χ3v) is 3.88. The van der Waals surface area contributed by atoms with Gasteiger partial charge >= 0.3 is 0 Å². The van der Waals surface area contributed by atoms with E-state index in [0.717, 1.165) is 37.6 Å². The Balaban J connectivity index is 0.00000176. The minimum Gasteiger partial charge on any atom is -0.475 e. The molecule has 0 radical (unpaired) electrons. The molecule has 5 nitrogen and oxygen atoms in total. The molecule has 1 aromatic heterocycles. The van der Waals surface area contributed by atoms with Crippen LogP contribution in [0.3, 0.4) is 0 Å². The number of hydrogen-bond acceptors (Lipinski definition) is 5. The van der Waals surface area contributed by atoms with Gasteiger partial charge in [-0.2, -0.15) is 4.98 Å². The van der Waals surface area contributed by atoms with Crippen LogP contribution in [0.2, 0.25) is 0 Å². The van der Waals surface area contributed by atoms with Gasteiger partial charge in [0.2, 0.25) is 5.88 Å². The second-order valence-electron chi connectivity index (χ2n) is 6.10. The highest BCUT2D eigenvalue weighted by Gasteiger charge is 2.29. The third kappa shape index (κ3) is 4.54. The smallest absolute Gasteiger partial charge is 0.220 e. The van der Waals surface area contributed by atoms with Crippen molar-refractivity contribution in [3.05, 3.63) is 17.1 Å². The van der Waals surface area contributed by atoms with Crippen LogP contribution in [-0.2, 0) is 17.6 Å². The molecule has 0 unspecified atom stereocenters. The summed E-state index contributed by atoms with van der Waals surface area (Å²) >= 11 is 0. The molecule has 6 heteroatoms. The molecule has 2 aliphatic rings. The van der Waals surface area contributed by atoms with Crippen molar-refractivity contribution in [3.63, 3.8) is 0 Å². The molecule has 1 aromatic rings. The summed E-state index contributed by atoms with van der Waals surface area (Å²) in [5, 5.41) is 3.42. The fourth-order valence-corrected chi connectivity index (χ4v) is 2.59. The second-order valence-corrected chi connectivity index (χ2v) is 6.10. The maximum atomic E-state index is 5.93. The quantitative estimate of drug-likeness (QED) is 0.812. The number of fused-ring (bicyclic) bond motifs is 1. The van der Waals surface area contributed by atoms with Crippen LogP contribution in [-0.4, -0.2) is 42.4 Å². The summed E-state index contributed by atoms with van der Waals surface area (Å²) in [6, 6.07) is 0. The molecular formula is C16H26ClN3O2. The lowest BCUT2D eigenvalue weighted by Gasteiger charge is -2.14. The molecule has 0 atom stereocenters. The molecule has 0 saturated heterocycles. The van der Waals surface area contributed by atoms with Gasteiger partial charge in [-0.15, -0.1) is 12.4 Å². The Hall–Kier alpha value is -0.910. The van der Waals surface area contributed by atoms with Crippen LogP contribution in [0, 0.1) is 0 Å². The lowest BCUT2D eigenvalue weighted by Crippen LogP contribution is -2.16. The molecule has 1 aliphatic heterocycles. The van der Waals surface area contributed by atoms with Crippen LogP contribution >= 0.6 is 12.4 Å². The Morgan fingerprint density at radius 3 is 2.64 bits per heavy atom. The first-order chi connectivity index (χ1) is 10.2. The average molecular weight is 328 g/mol. The van der Waals surface area contributed by atoms with Crippen molar-refractivity contribution in [3.8, 4) is 5.88 Å². The lowest BCUT2D eigenvalue weighted by molar-refractivity contribution is 0.0539. The second kappa shape index (κ2) is 8.09. The van der Waals surface area contributed by atoms with Crippen molar-refractivity contribution in [2.45, 2.75) is 51.6 Å². The van der Waals surface area contributed by atoms with E-state index in [1.54, 1.807) is 0 Å². The van der Waals surface area contributed by atoms with Crippen LogP contribution in [0.1, 0.15) is 49.7 Å². The topological polar surface area (TPSA) is 56.3 Å². The molecule has 0 aromatic carbocycles. The lowest BCUT2D eigenvalue weighted by atomic mass is 10.1. The van der Waals surface area contributed by atoms with E-state index in [9.17, 15) is 0 Å². The van der Waals surface area contributed by atoms with Gasteiger partial charge in [0.25, 0.3) is 0 Å². The van der Waals surface area contributed by atoms with Gasteiger partial charge in [-0.05, 0) is 39.7 Å². The Bertz CT molecular complexity index is 493. The SMILES string of the molecule is CC(C)OCCOc1nc(C2CC2)nc2c1CCNCC2.Cl. The van der Waals surface area contributed by atoms with E-state index in [4.69, 9.17) is 14.5 Å². The van der Waals surface area contributed by atoms with E-state index in [-0.39, 0.29) is 18.5 Å². The highest BCUT2D eigenvalue weighted by atomic mass is 35.5. The Morgan fingerprint density at radius 2 is 1.91 bits per heavy atom. The van der Waals surface area contributed by atoms with Crippen LogP contribution in [0.4, 0.5) is 0 Å². The minimum atomic E-state index is 0. The molecule has 1 saturated carbocycles. The van der Waals surface area contributed by atoms with Crippen LogP contribution in [0.5, 0.6) is 5.88 Å². The first kappa shape index (κ1) is 17.4. The van der Waals surface area contributed by atoms with Gasteiger partial charge in [0.1, 0.15) is 12.4 Å². The van der Waals surface area contributed by atoms with Gasteiger partial charge in [-0.3, -0.25) is 0 Å². The van der Waals surface area contributed by atoms with E-state index >= 15 is 0 Å². The Labute approximate surface area is 138 Å². The molecule has 1 aliphatic carbocycles. The minimum absolute atomic E-state index is 0. The van der Waals surface area contributed by atoms with Crippen molar-refractivity contribution in [2.24, 2.45) is 0 Å². The molecule has 22 heavy (non-hydrogen) atoms. The van der Waals surface area contributed by atoms with E-state index in [2.05, 4.69) is 10.3 Å². The first-order valence-electron chi connectivity index (χ1n) is 8.09.